The number of aliphatic hydroxyl groups is 1. The van der Waals surface area contributed by atoms with Crippen molar-refractivity contribution in [2.24, 2.45) is 0 Å². The average molecular weight is 438 g/mol. The largest absolute Gasteiger partial charge is 0.510 e. The number of nitrogens with one attached hydrogen (secondary N) is 1. The van der Waals surface area contributed by atoms with Crippen LogP contribution in [0.3, 0.4) is 0 Å². The summed E-state index contributed by atoms with van der Waals surface area (Å²) in [6.07, 6.45) is 0.0339. The van der Waals surface area contributed by atoms with Gasteiger partial charge in [-0.1, -0.05) is 53.5 Å². The minimum absolute atomic E-state index is 0. The van der Waals surface area contributed by atoms with Gasteiger partial charge in [-0.3, -0.25) is 0 Å². The topological polar surface area (TPSA) is 69.6 Å². The van der Waals surface area contributed by atoms with Crippen LogP contribution in [0.15, 0.2) is 42.5 Å². The molecule has 2 aromatic rings. The Balaban J connectivity index is 0.00000338. The molecule has 2 aromatic carbocycles. The summed E-state index contributed by atoms with van der Waals surface area (Å²) in [6, 6.07) is 12.9. The Morgan fingerprint density at radius 1 is 1.12 bits per heavy atom. The van der Waals surface area contributed by atoms with Crippen molar-refractivity contribution in [1.29, 1.82) is 0 Å². The van der Waals surface area contributed by atoms with E-state index in [1.54, 1.807) is 6.07 Å². The van der Waals surface area contributed by atoms with Gasteiger partial charge in [0.05, 0.1) is 16.1 Å². The van der Waals surface area contributed by atoms with E-state index in [4.69, 9.17) is 28.1 Å². The fraction of sp³-hybridized carbons (Fsp3) is 0.333. The van der Waals surface area contributed by atoms with Crippen molar-refractivity contribution < 1.29 is 14.6 Å². The first-order chi connectivity index (χ1) is 11.8. The summed E-state index contributed by atoms with van der Waals surface area (Å²) in [5, 5.41) is 14.5. The summed E-state index contributed by atoms with van der Waals surface area (Å²) in [6.45, 7) is 2.41. The fourth-order valence-corrected chi connectivity index (χ4v) is 3.38. The zero-order valence-corrected chi connectivity index (χ0v) is 17.5. The van der Waals surface area contributed by atoms with Crippen molar-refractivity contribution in [3.8, 4) is 0 Å². The molecule has 4 nitrogen and oxygen atoms in total. The number of halogens is 3. The lowest BCUT2D eigenvalue weighted by molar-refractivity contribution is 0.168. The lowest BCUT2D eigenvalue weighted by atomic mass is 10.0. The summed E-state index contributed by atoms with van der Waals surface area (Å²) in [7, 11) is -2.20. The summed E-state index contributed by atoms with van der Waals surface area (Å²) in [4.78, 5) is 9.00. The molecule has 142 valence electrons. The van der Waals surface area contributed by atoms with Crippen molar-refractivity contribution in [3.05, 3.63) is 69.2 Å². The van der Waals surface area contributed by atoms with Crippen LogP contribution < -0.4 is 5.32 Å². The van der Waals surface area contributed by atoms with Crippen LogP contribution >= 0.6 is 43.6 Å². The van der Waals surface area contributed by atoms with Gasteiger partial charge in [-0.15, -0.1) is 12.4 Å². The van der Waals surface area contributed by atoms with Gasteiger partial charge in [-0.2, -0.15) is 4.89 Å². The summed E-state index contributed by atoms with van der Waals surface area (Å²) < 4.78 is 10.9. The van der Waals surface area contributed by atoms with Gasteiger partial charge >= 0.3 is 8.03 Å². The molecule has 0 spiro atoms. The Kier molecular flexibility index (Phi) is 10.1. The van der Waals surface area contributed by atoms with Gasteiger partial charge in [0.2, 0.25) is 6.16 Å². The molecular weight excluding hydrogens is 416 g/mol. The van der Waals surface area contributed by atoms with E-state index in [1.807, 2.05) is 43.3 Å². The average Bonchev–Trinajstić information content (AvgIpc) is 2.55. The lowest BCUT2D eigenvalue weighted by Gasteiger charge is -2.18. The molecule has 1 unspecified atom stereocenters. The first-order valence-electron chi connectivity index (χ1n) is 7.93. The van der Waals surface area contributed by atoms with Gasteiger partial charge in [0.25, 0.3) is 0 Å². The van der Waals surface area contributed by atoms with Crippen LogP contribution in [0, 0.1) is 0 Å². The molecule has 8 heteroatoms. The van der Waals surface area contributed by atoms with E-state index < -0.39 is 14.1 Å². The zero-order valence-electron chi connectivity index (χ0n) is 14.2. The molecule has 2 rings (SSSR count). The summed E-state index contributed by atoms with van der Waals surface area (Å²) >= 11 is 12.0. The van der Waals surface area contributed by atoms with Gasteiger partial charge in [-0.05, 0) is 41.2 Å². The normalized spacial score (nSPS) is 13.7. The zero-order chi connectivity index (χ0) is 18.4. The highest BCUT2D eigenvalue weighted by molar-refractivity contribution is 7.37. The van der Waals surface area contributed by atoms with Crippen molar-refractivity contribution in [2.45, 2.75) is 31.7 Å². The van der Waals surface area contributed by atoms with Crippen LogP contribution in [0.1, 0.15) is 29.7 Å². The maximum absolute atomic E-state index is 10.9. The third kappa shape index (κ3) is 7.50. The minimum Gasteiger partial charge on any atom is -0.391 e. The maximum Gasteiger partial charge on any atom is 0.510 e. The highest BCUT2D eigenvalue weighted by Gasteiger charge is 2.14. The Bertz CT molecular complexity index is 745. The van der Waals surface area contributed by atoms with E-state index in [9.17, 15) is 9.67 Å². The van der Waals surface area contributed by atoms with Gasteiger partial charge in [0.1, 0.15) is 0 Å². The summed E-state index contributed by atoms with van der Waals surface area (Å²) in [5.74, 6) is 0. The van der Waals surface area contributed by atoms with Crippen LogP contribution in [0.25, 0.3) is 0 Å². The van der Waals surface area contributed by atoms with Crippen molar-refractivity contribution in [2.75, 3.05) is 6.54 Å². The fourth-order valence-electron chi connectivity index (χ4n) is 2.57. The molecule has 3 atom stereocenters. The molecule has 0 fully saturated rings. The van der Waals surface area contributed by atoms with Crippen molar-refractivity contribution in [1.82, 2.24) is 5.32 Å². The van der Waals surface area contributed by atoms with Crippen molar-refractivity contribution in [3.63, 3.8) is 0 Å². The molecule has 0 heterocycles. The predicted molar refractivity (Wildman–Crippen MR) is 110 cm³/mol. The Morgan fingerprint density at radius 2 is 1.81 bits per heavy atom. The maximum atomic E-state index is 10.9. The molecule has 0 aliphatic rings. The van der Waals surface area contributed by atoms with Crippen molar-refractivity contribution >= 4 is 43.6 Å². The predicted octanol–water partition coefficient (Wildman–Crippen LogP) is 4.90. The standard InChI is InChI=1S/C18H20Cl2NO3P.ClH/c1-12(15-5-6-17(19)18(20)9-15)21-10-16(22)8-13-3-2-4-14(7-13)11-25(23)24;/h2-7,9,12,16,21-22H,8,10-11H2,1H3;1H/p+1/t12-,16-;/m0./s1. The van der Waals surface area contributed by atoms with Gasteiger partial charge in [0.15, 0.2) is 0 Å². The van der Waals surface area contributed by atoms with Crippen LogP contribution in [-0.4, -0.2) is 22.6 Å². The Morgan fingerprint density at radius 3 is 2.46 bits per heavy atom. The molecule has 0 aliphatic carbocycles. The summed E-state index contributed by atoms with van der Waals surface area (Å²) in [5.41, 5.74) is 2.73. The van der Waals surface area contributed by atoms with Crippen LogP contribution in [-0.2, 0) is 17.1 Å². The Hall–Kier alpha value is -0.710. The SMILES string of the molecule is C[C@H](NC[C@@H](O)Cc1cccc(C[P+](=O)O)c1)c1ccc(Cl)c(Cl)c1.Cl. The van der Waals surface area contributed by atoms with E-state index in [-0.39, 0.29) is 24.6 Å². The molecule has 0 radical (unpaired) electrons. The van der Waals surface area contributed by atoms with Crippen LogP contribution in [0.2, 0.25) is 10.0 Å². The Labute approximate surface area is 170 Å². The smallest absolute Gasteiger partial charge is 0.391 e. The third-order valence-corrected chi connectivity index (χ3v) is 5.26. The number of rotatable bonds is 8. The second kappa shape index (κ2) is 11.2. The van der Waals surface area contributed by atoms with E-state index in [0.29, 0.717) is 23.0 Å². The number of benzene rings is 2. The van der Waals surface area contributed by atoms with Gasteiger partial charge in [0, 0.05) is 18.2 Å². The van der Waals surface area contributed by atoms with Crippen LogP contribution in [0.5, 0.6) is 0 Å². The number of aliphatic hydroxyl groups excluding tert-OH is 1. The first kappa shape index (κ1) is 23.3. The number of hydrogen-bond acceptors (Lipinski definition) is 3. The molecule has 0 aromatic heterocycles. The molecule has 0 bridgehead atoms. The van der Waals surface area contributed by atoms with Gasteiger partial charge in [-0.25, -0.2) is 0 Å². The third-order valence-electron chi connectivity index (χ3n) is 3.88. The highest BCUT2D eigenvalue weighted by Crippen LogP contribution is 2.25. The molecule has 0 aliphatic heterocycles. The molecular formula is C18H22Cl3NO3P+. The molecule has 0 amide bonds. The molecule has 26 heavy (non-hydrogen) atoms. The molecule has 0 saturated heterocycles. The highest BCUT2D eigenvalue weighted by atomic mass is 35.5. The minimum atomic E-state index is -2.20. The second-order valence-corrected chi connectivity index (χ2v) is 7.83. The van der Waals surface area contributed by atoms with E-state index >= 15 is 0 Å². The number of hydrogen-bond donors (Lipinski definition) is 3. The van der Waals surface area contributed by atoms with Crippen LogP contribution in [0.4, 0.5) is 0 Å². The van der Waals surface area contributed by atoms with E-state index in [1.165, 1.54) is 0 Å². The molecule has 0 saturated carbocycles. The molecule has 3 N–H and O–H groups in total. The van der Waals surface area contributed by atoms with Gasteiger partial charge < -0.3 is 10.4 Å². The monoisotopic (exact) mass is 436 g/mol. The van der Waals surface area contributed by atoms with E-state index in [2.05, 4.69) is 5.32 Å². The lowest BCUT2D eigenvalue weighted by Crippen LogP contribution is -2.30. The first-order valence-corrected chi connectivity index (χ1v) is 10.1. The quantitative estimate of drug-likeness (QED) is 0.514. The second-order valence-electron chi connectivity index (χ2n) is 5.99. The van der Waals surface area contributed by atoms with E-state index in [0.717, 1.165) is 16.7 Å².